The summed E-state index contributed by atoms with van der Waals surface area (Å²) in [5.41, 5.74) is 0. The van der Waals surface area contributed by atoms with E-state index in [1.807, 2.05) is 0 Å². The van der Waals surface area contributed by atoms with Crippen molar-refractivity contribution in [2.45, 2.75) is 155 Å². The smallest absolute Gasteiger partial charge is 0.306 e. The first kappa shape index (κ1) is 38.9. The first-order valence-electron chi connectivity index (χ1n) is 16.7. The number of carbonyl (C=O) groups is 2. The molecule has 41 heavy (non-hydrogen) atoms. The molecule has 0 aromatic heterocycles. The molecule has 5 nitrogen and oxygen atoms in total. The van der Waals surface area contributed by atoms with E-state index in [1.165, 1.54) is 57.8 Å². The lowest BCUT2D eigenvalue weighted by Gasteiger charge is -2.15. The van der Waals surface area contributed by atoms with Crippen LogP contribution in [-0.4, -0.2) is 36.4 Å². The van der Waals surface area contributed by atoms with E-state index < -0.39 is 6.10 Å². The Morgan fingerprint density at radius 2 is 1.05 bits per heavy atom. The van der Waals surface area contributed by atoms with Crippen LogP contribution in [0.4, 0.5) is 0 Å². The summed E-state index contributed by atoms with van der Waals surface area (Å²) in [5.74, 6) is -0.643. The van der Waals surface area contributed by atoms with Crippen molar-refractivity contribution >= 4 is 11.9 Å². The molecule has 0 radical (unpaired) electrons. The monoisotopic (exact) mass is 574 g/mol. The van der Waals surface area contributed by atoms with Crippen molar-refractivity contribution in [2.75, 3.05) is 13.2 Å². The minimum atomic E-state index is -0.789. The van der Waals surface area contributed by atoms with Crippen LogP contribution >= 0.6 is 0 Å². The topological polar surface area (TPSA) is 72.8 Å². The zero-order valence-corrected chi connectivity index (χ0v) is 26.5. The first-order chi connectivity index (χ1) is 20.1. The van der Waals surface area contributed by atoms with Gasteiger partial charge in [-0.05, 0) is 51.4 Å². The van der Waals surface area contributed by atoms with Crippen LogP contribution in [0.25, 0.3) is 0 Å². The van der Waals surface area contributed by atoms with Crippen molar-refractivity contribution in [1.82, 2.24) is 0 Å². The number of ether oxygens (including phenoxy) is 2. The summed E-state index contributed by atoms with van der Waals surface area (Å²) in [7, 11) is 0. The Hall–Kier alpha value is -2.14. The average molecular weight is 575 g/mol. The van der Waals surface area contributed by atoms with Gasteiger partial charge >= 0.3 is 11.9 Å². The molecular weight excluding hydrogens is 512 g/mol. The zero-order chi connectivity index (χ0) is 30.1. The molecule has 0 saturated carbocycles. The van der Waals surface area contributed by atoms with E-state index in [2.05, 4.69) is 62.5 Å². The lowest BCUT2D eigenvalue weighted by Crippen LogP contribution is -2.28. The van der Waals surface area contributed by atoms with Crippen molar-refractivity contribution in [3.05, 3.63) is 48.6 Å². The molecule has 0 spiro atoms. The molecule has 1 unspecified atom stereocenters. The fourth-order valence-electron chi connectivity index (χ4n) is 4.37. The molecule has 236 valence electrons. The predicted octanol–water partition coefficient (Wildman–Crippen LogP) is 9.89. The van der Waals surface area contributed by atoms with E-state index in [4.69, 9.17) is 9.47 Å². The van der Waals surface area contributed by atoms with Crippen molar-refractivity contribution in [1.29, 1.82) is 0 Å². The summed E-state index contributed by atoms with van der Waals surface area (Å²) in [6, 6.07) is 0. The highest BCUT2D eigenvalue weighted by Crippen LogP contribution is 2.13. The maximum Gasteiger partial charge on any atom is 0.306 e. The maximum absolute atomic E-state index is 12.1. The van der Waals surface area contributed by atoms with Gasteiger partial charge in [0.1, 0.15) is 6.61 Å². The van der Waals surface area contributed by atoms with Crippen LogP contribution in [0.1, 0.15) is 149 Å². The molecule has 0 aromatic rings. The van der Waals surface area contributed by atoms with E-state index >= 15 is 0 Å². The maximum atomic E-state index is 12.1. The van der Waals surface area contributed by atoms with Crippen LogP contribution in [-0.2, 0) is 19.1 Å². The van der Waals surface area contributed by atoms with E-state index in [0.717, 1.165) is 64.2 Å². The number of rotatable bonds is 29. The molecule has 0 aliphatic heterocycles. The first-order valence-corrected chi connectivity index (χ1v) is 16.7. The third-order valence-corrected chi connectivity index (χ3v) is 6.89. The minimum absolute atomic E-state index is 0.0821. The largest absolute Gasteiger partial charge is 0.462 e. The lowest BCUT2D eigenvalue weighted by molar-refractivity contribution is -0.161. The molecule has 1 atom stereocenters. The molecule has 0 heterocycles. The normalized spacial score (nSPS) is 12.8. The van der Waals surface area contributed by atoms with E-state index in [1.54, 1.807) is 0 Å². The van der Waals surface area contributed by atoms with Crippen molar-refractivity contribution in [3.63, 3.8) is 0 Å². The van der Waals surface area contributed by atoms with Gasteiger partial charge < -0.3 is 14.6 Å². The molecule has 0 fully saturated rings. The van der Waals surface area contributed by atoms with Crippen molar-refractivity contribution in [2.24, 2.45) is 0 Å². The van der Waals surface area contributed by atoms with Gasteiger partial charge in [-0.1, -0.05) is 133 Å². The number of hydrogen-bond donors (Lipinski definition) is 1. The van der Waals surface area contributed by atoms with Crippen LogP contribution in [0.5, 0.6) is 0 Å². The number of hydrogen-bond acceptors (Lipinski definition) is 5. The standard InChI is InChI=1S/C36H62O5/c1-3-5-7-9-11-13-15-17-18-19-21-23-25-27-29-31-36(39)41-34(32-37)33-40-35(38)30-28-26-24-22-20-16-14-12-10-8-6-4-2/h5,7,11,13,17-18,21,23,34,37H,3-4,6,8-10,12,14-16,19-20,22,24-33H2,1-2H3/b7-5-,13-11-,18-17-,23-21-. The number of unbranched alkanes of at least 4 members (excludes halogenated alkanes) is 13. The van der Waals surface area contributed by atoms with E-state index in [9.17, 15) is 14.7 Å². The number of aliphatic hydroxyl groups is 1. The van der Waals surface area contributed by atoms with Gasteiger partial charge in [0.25, 0.3) is 0 Å². The Balaban J connectivity index is 3.68. The highest BCUT2D eigenvalue weighted by atomic mass is 16.6. The fraction of sp³-hybridized carbons (Fsp3) is 0.722. The zero-order valence-electron chi connectivity index (χ0n) is 26.5. The fourth-order valence-corrected chi connectivity index (χ4v) is 4.37. The molecule has 0 amide bonds. The highest BCUT2D eigenvalue weighted by molar-refractivity contribution is 5.70. The van der Waals surface area contributed by atoms with Gasteiger partial charge in [0.2, 0.25) is 0 Å². The van der Waals surface area contributed by atoms with Crippen LogP contribution < -0.4 is 0 Å². The quantitative estimate of drug-likeness (QED) is 0.0547. The Morgan fingerprint density at radius 1 is 0.585 bits per heavy atom. The molecule has 0 rings (SSSR count). The van der Waals surface area contributed by atoms with Gasteiger partial charge in [-0.15, -0.1) is 0 Å². The Morgan fingerprint density at radius 3 is 1.59 bits per heavy atom. The summed E-state index contributed by atoms with van der Waals surface area (Å²) in [5, 5.41) is 9.49. The van der Waals surface area contributed by atoms with Crippen LogP contribution in [0.2, 0.25) is 0 Å². The third-order valence-electron chi connectivity index (χ3n) is 6.89. The SMILES string of the molecule is CC/C=C\C/C=C\C/C=C\C/C=C\CCCCC(=O)OC(CO)COC(=O)CCCCCCCCCCCCCC. The number of allylic oxidation sites excluding steroid dienone is 8. The Kier molecular flexibility index (Phi) is 30.7. The van der Waals surface area contributed by atoms with Crippen molar-refractivity contribution < 1.29 is 24.2 Å². The third kappa shape index (κ3) is 30.6. The second kappa shape index (κ2) is 32.4. The second-order valence-corrected chi connectivity index (χ2v) is 10.9. The molecule has 0 aliphatic rings. The molecule has 5 heteroatoms. The molecule has 0 saturated heterocycles. The van der Waals surface area contributed by atoms with Crippen LogP contribution in [0.15, 0.2) is 48.6 Å². The van der Waals surface area contributed by atoms with Gasteiger partial charge in [0, 0.05) is 12.8 Å². The van der Waals surface area contributed by atoms with Gasteiger partial charge in [0.05, 0.1) is 6.61 Å². The predicted molar refractivity (Wildman–Crippen MR) is 173 cm³/mol. The lowest BCUT2D eigenvalue weighted by atomic mass is 10.0. The average Bonchev–Trinajstić information content (AvgIpc) is 2.97. The number of carbonyl (C=O) groups excluding carboxylic acids is 2. The van der Waals surface area contributed by atoms with Gasteiger partial charge in [-0.2, -0.15) is 0 Å². The summed E-state index contributed by atoms with van der Waals surface area (Å²) in [6.45, 7) is 3.96. The molecule has 1 N–H and O–H groups in total. The molecular formula is C36H62O5. The summed E-state index contributed by atoms with van der Waals surface area (Å²) in [6.07, 6.45) is 38.8. The second-order valence-electron chi connectivity index (χ2n) is 10.9. The van der Waals surface area contributed by atoms with E-state index in [-0.39, 0.29) is 25.2 Å². The summed E-state index contributed by atoms with van der Waals surface area (Å²) in [4.78, 5) is 24.1. The minimum Gasteiger partial charge on any atom is -0.462 e. The van der Waals surface area contributed by atoms with Crippen molar-refractivity contribution in [3.8, 4) is 0 Å². The van der Waals surface area contributed by atoms with Crippen LogP contribution in [0.3, 0.4) is 0 Å². The number of aliphatic hydroxyl groups excluding tert-OH is 1. The molecule has 0 aromatic carbocycles. The van der Waals surface area contributed by atoms with Gasteiger partial charge in [-0.25, -0.2) is 0 Å². The Labute approximate surface area is 252 Å². The van der Waals surface area contributed by atoms with Gasteiger partial charge in [0.15, 0.2) is 6.10 Å². The number of esters is 2. The molecule has 0 aliphatic carbocycles. The van der Waals surface area contributed by atoms with E-state index in [0.29, 0.717) is 12.8 Å². The summed E-state index contributed by atoms with van der Waals surface area (Å²) >= 11 is 0. The van der Waals surface area contributed by atoms with Crippen LogP contribution in [0, 0.1) is 0 Å². The Bertz CT molecular complexity index is 707. The highest BCUT2D eigenvalue weighted by Gasteiger charge is 2.16. The van der Waals surface area contributed by atoms with Gasteiger partial charge in [-0.3, -0.25) is 9.59 Å². The molecule has 0 bridgehead atoms. The summed E-state index contributed by atoms with van der Waals surface area (Å²) < 4.78 is 10.5.